The minimum Gasteiger partial charge on any atom is -0.316 e. The smallest absolute Gasteiger partial charge is 0.274 e. The fourth-order valence-electron chi connectivity index (χ4n) is 1.77. The van der Waals surface area contributed by atoms with E-state index in [9.17, 15) is 4.79 Å². The van der Waals surface area contributed by atoms with Crippen LogP contribution in [0.15, 0.2) is 24.3 Å². The van der Waals surface area contributed by atoms with E-state index >= 15 is 0 Å². The molecule has 1 aliphatic heterocycles. The number of carbonyl (C=O) groups is 1. The number of benzene rings is 1. The van der Waals surface area contributed by atoms with Crippen molar-refractivity contribution in [2.24, 2.45) is 5.92 Å². The van der Waals surface area contributed by atoms with E-state index in [1.54, 1.807) is 24.3 Å². The molecule has 1 heterocycles. The zero-order valence-electron chi connectivity index (χ0n) is 9.41. The molecule has 1 aromatic rings. The second-order valence-electron chi connectivity index (χ2n) is 4.11. The molecule has 1 aromatic carbocycles. The minimum atomic E-state index is -0.265. The highest BCUT2D eigenvalue weighted by Gasteiger charge is 2.15. The number of rotatable bonds is 4. The van der Waals surface area contributed by atoms with Crippen molar-refractivity contribution in [2.75, 3.05) is 19.7 Å². The summed E-state index contributed by atoms with van der Waals surface area (Å²) in [4.78, 5) is 16.9. The van der Waals surface area contributed by atoms with Crippen LogP contribution in [0.1, 0.15) is 16.8 Å². The second kappa shape index (κ2) is 6.00. The molecule has 4 nitrogen and oxygen atoms in total. The third-order valence-electron chi connectivity index (χ3n) is 2.73. The summed E-state index contributed by atoms with van der Waals surface area (Å²) in [5, 5.41) is 3.78. The maximum absolute atomic E-state index is 11.7. The summed E-state index contributed by atoms with van der Waals surface area (Å²) in [6, 6.07) is 6.76. The van der Waals surface area contributed by atoms with Crippen LogP contribution in [0.4, 0.5) is 0 Å². The Bertz CT molecular complexity index is 392. The fourth-order valence-corrected chi connectivity index (χ4v) is 1.96. The van der Waals surface area contributed by atoms with Gasteiger partial charge in [-0.15, -0.1) is 0 Å². The lowest BCUT2D eigenvalue weighted by Gasteiger charge is -2.09. The van der Waals surface area contributed by atoms with Gasteiger partial charge in [0.25, 0.3) is 5.91 Å². The number of hydrogen-bond donors (Lipinski definition) is 2. The third-order valence-corrected chi connectivity index (χ3v) is 2.97. The third kappa shape index (κ3) is 3.70. The molecule has 1 amide bonds. The van der Waals surface area contributed by atoms with Gasteiger partial charge in [-0.05, 0) is 37.1 Å². The standard InChI is InChI=1S/C12H15ClN2O2/c13-11-3-1-2-10(6-11)12(16)15-17-8-9-4-5-14-7-9/h1-3,6,9,14H,4-5,7-8H2,(H,15,16). The highest BCUT2D eigenvalue weighted by atomic mass is 35.5. The number of hydroxylamine groups is 1. The van der Waals surface area contributed by atoms with Crippen molar-refractivity contribution in [3.05, 3.63) is 34.9 Å². The maximum Gasteiger partial charge on any atom is 0.274 e. The Morgan fingerprint density at radius 2 is 2.47 bits per heavy atom. The van der Waals surface area contributed by atoms with Crippen molar-refractivity contribution in [2.45, 2.75) is 6.42 Å². The van der Waals surface area contributed by atoms with Crippen molar-refractivity contribution in [1.82, 2.24) is 10.8 Å². The average Bonchev–Trinajstić information content (AvgIpc) is 2.82. The molecular formula is C12H15ClN2O2. The van der Waals surface area contributed by atoms with E-state index in [1.807, 2.05) is 0 Å². The Balaban J connectivity index is 1.77. The summed E-state index contributed by atoms with van der Waals surface area (Å²) in [6.07, 6.45) is 1.09. The summed E-state index contributed by atoms with van der Waals surface area (Å²) >= 11 is 5.80. The van der Waals surface area contributed by atoms with Gasteiger partial charge < -0.3 is 5.32 Å². The van der Waals surface area contributed by atoms with Crippen LogP contribution in [0.25, 0.3) is 0 Å². The number of carbonyl (C=O) groups excluding carboxylic acids is 1. The molecule has 0 radical (unpaired) electrons. The van der Waals surface area contributed by atoms with Crippen molar-refractivity contribution in [3.8, 4) is 0 Å². The van der Waals surface area contributed by atoms with Crippen LogP contribution in [0.2, 0.25) is 5.02 Å². The first-order chi connectivity index (χ1) is 8.25. The van der Waals surface area contributed by atoms with Crippen LogP contribution in [0.3, 0.4) is 0 Å². The molecule has 1 saturated heterocycles. The van der Waals surface area contributed by atoms with Crippen LogP contribution in [0, 0.1) is 5.92 Å². The number of halogens is 1. The van der Waals surface area contributed by atoms with E-state index in [0.717, 1.165) is 19.5 Å². The molecule has 1 fully saturated rings. The van der Waals surface area contributed by atoms with E-state index < -0.39 is 0 Å². The molecule has 0 spiro atoms. The molecule has 2 rings (SSSR count). The number of amides is 1. The average molecular weight is 255 g/mol. The lowest BCUT2D eigenvalue weighted by molar-refractivity contribution is 0.0188. The Kier molecular flexibility index (Phi) is 4.36. The largest absolute Gasteiger partial charge is 0.316 e. The van der Waals surface area contributed by atoms with Gasteiger partial charge in [0.15, 0.2) is 0 Å². The Labute approximate surface area is 105 Å². The monoisotopic (exact) mass is 254 g/mol. The van der Waals surface area contributed by atoms with Gasteiger partial charge in [-0.25, -0.2) is 5.48 Å². The molecule has 0 aromatic heterocycles. The van der Waals surface area contributed by atoms with Crippen LogP contribution in [-0.4, -0.2) is 25.6 Å². The topological polar surface area (TPSA) is 50.4 Å². The fraction of sp³-hybridized carbons (Fsp3) is 0.417. The lowest BCUT2D eigenvalue weighted by atomic mass is 10.1. The number of nitrogens with one attached hydrogen (secondary N) is 2. The van der Waals surface area contributed by atoms with Gasteiger partial charge in [0.1, 0.15) is 0 Å². The quantitative estimate of drug-likeness (QED) is 0.803. The highest BCUT2D eigenvalue weighted by Crippen LogP contribution is 2.11. The van der Waals surface area contributed by atoms with Gasteiger partial charge in [-0.1, -0.05) is 17.7 Å². The van der Waals surface area contributed by atoms with E-state index in [1.165, 1.54) is 0 Å². The Hall–Kier alpha value is -1.10. The van der Waals surface area contributed by atoms with Gasteiger partial charge in [0.2, 0.25) is 0 Å². The highest BCUT2D eigenvalue weighted by molar-refractivity contribution is 6.30. The Morgan fingerprint density at radius 1 is 1.59 bits per heavy atom. The van der Waals surface area contributed by atoms with Gasteiger partial charge >= 0.3 is 0 Å². The van der Waals surface area contributed by atoms with Crippen molar-refractivity contribution >= 4 is 17.5 Å². The van der Waals surface area contributed by atoms with Crippen LogP contribution in [-0.2, 0) is 4.84 Å². The first-order valence-corrected chi connectivity index (χ1v) is 6.02. The van der Waals surface area contributed by atoms with E-state index in [-0.39, 0.29) is 5.91 Å². The van der Waals surface area contributed by atoms with Gasteiger partial charge in [0, 0.05) is 17.1 Å². The summed E-state index contributed by atoms with van der Waals surface area (Å²) in [5.41, 5.74) is 2.93. The Morgan fingerprint density at radius 3 is 3.18 bits per heavy atom. The second-order valence-corrected chi connectivity index (χ2v) is 4.55. The molecule has 92 valence electrons. The van der Waals surface area contributed by atoms with Gasteiger partial charge in [-0.3, -0.25) is 9.63 Å². The van der Waals surface area contributed by atoms with Crippen molar-refractivity contribution in [3.63, 3.8) is 0 Å². The molecule has 1 unspecified atom stereocenters. The zero-order chi connectivity index (χ0) is 12.1. The maximum atomic E-state index is 11.7. The van der Waals surface area contributed by atoms with Crippen LogP contribution >= 0.6 is 11.6 Å². The molecule has 0 saturated carbocycles. The molecular weight excluding hydrogens is 240 g/mol. The van der Waals surface area contributed by atoms with Gasteiger partial charge in [-0.2, -0.15) is 0 Å². The normalized spacial score (nSPS) is 19.2. The predicted octanol–water partition coefficient (Wildman–Crippen LogP) is 1.61. The van der Waals surface area contributed by atoms with E-state index in [0.29, 0.717) is 23.1 Å². The first kappa shape index (κ1) is 12.4. The lowest BCUT2D eigenvalue weighted by Crippen LogP contribution is -2.27. The van der Waals surface area contributed by atoms with E-state index in [4.69, 9.17) is 16.4 Å². The minimum absolute atomic E-state index is 0.265. The van der Waals surface area contributed by atoms with Crippen molar-refractivity contribution in [1.29, 1.82) is 0 Å². The molecule has 17 heavy (non-hydrogen) atoms. The van der Waals surface area contributed by atoms with Crippen LogP contribution in [0.5, 0.6) is 0 Å². The molecule has 5 heteroatoms. The van der Waals surface area contributed by atoms with Crippen molar-refractivity contribution < 1.29 is 9.63 Å². The van der Waals surface area contributed by atoms with Crippen LogP contribution < -0.4 is 10.8 Å². The molecule has 0 bridgehead atoms. The van der Waals surface area contributed by atoms with E-state index in [2.05, 4.69) is 10.8 Å². The first-order valence-electron chi connectivity index (χ1n) is 5.64. The zero-order valence-corrected chi connectivity index (χ0v) is 10.2. The SMILES string of the molecule is O=C(NOCC1CCNC1)c1cccc(Cl)c1. The molecule has 1 aliphatic rings. The molecule has 1 atom stereocenters. The summed E-state index contributed by atoms with van der Waals surface area (Å²) in [7, 11) is 0. The predicted molar refractivity (Wildman–Crippen MR) is 65.8 cm³/mol. The molecule has 2 N–H and O–H groups in total. The molecule has 0 aliphatic carbocycles. The summed E-state index contributed by atoms with van der Waals surface area (Å²) < 4.78 is 0. The number of hydrogen-bond acceptors (Lipinski definition) is 3. The van der Waals surface area contributed by atoms with Gasteiger partial charge in [0.05, 0.1) is 6.61 Å². The summed E-state index contributed by atoms with van der Waals surface area (Å²) in [6.45, 7) is 2.52. The summed E-state index contributed by atoms with van der Waals surface area (Å²) in [5.74, 6) is 0.216.